The smallest absolute Gasteiger partial charge is 0.313 e. The average molecular weight is 247 g/mol. The van der Waals surface area contributed by atoms with Crippen LogP contribution in [0.5, 0.6) is 0 Å². The number of H-pyrrole nitrogens is 2. The highest BCUT2D eigenvalue weighted by Crippen LogP contribution is 2.24. The van der Waals surface area contributed by atoms with Gasteiger partial charge in [0.1, 0.15) is 0 Å². The second kappa shape index (κ2) is 5.40. The minimum absolute atomic E-state index is 0.148. The van der Waals surface area contributed by atoms with Crippen molar-refractivity contribution in [3.8, 4) is 0 Å². The van der Waals surface area contributed by atoms with Gasteiger partial charge in [0.2, 0.25) is 0 Å². The van der Waals surface area contributed by atoms with Crippen LogP contribution in [0.25, 0.3) is 11.0 Å². The van der Waals surface area contributed by atoms with Crippen molar-refractivity contribution in [1.82, 2.24) is 15.3 Å². The van der Waals surface area contributed by atoms with E-state index in [-0.39, 0.29) is 5.69 Å². The Morgan fingerprint density at radius 2 is 2.00 bits per heavy atom. The third-order valence-electron chi connectivity index (χ3n) is 3.63. The summed E-state index contributed by atoms with van der Waals surface area (Å²) in [4.78, 5) is 16.8. The second-order valence-corrected chi connectivity index (χ2v) is 4.97. The molecule has 0 fully saturated rings. The largest absolute Gasteiger partial charge is 0.323 e. The molecule has 1 aromatic heterocycles. The predicted octanol–water partition coefficient (Wildman–Crippen LogP) is 2.55. The molecule has 98 valence electrons. The maximum atomic E-state index is 11.2. The molecular formula is C14H21N3O. The topological polar surface area (TPSA) is 60.7 Å². The zero-order valence-corrected chi connectivity index (χ0v) is 11.2. The number of aromatic amines is 2. The van der Waals surface area contributed by atoms with Crippen LogP contribution in [-0.4, -0.2) is 17.0 Å². The molecule has 0 radical (unpaired) electrons. The monoisotopic (exact) mass is 247 g/mol. The number of imidazole rings is 1. The van der Waals surface area contributed by atoms with Gasteiger partial charge in [-0.3, -0.25) is 0 Å². The molecule has 2 aromatic rings. The molecule has 0 aliphatic heterocycles. The number of hydrogen-bond donors (Lipinski definition) is 3. The number of benzene rings is 1. The molecule has 0 aliphatic carbocycles. The first-order chi connectivity index (χ1) is 8.63. The fraction of sp³-hybridized carbons (Fsp3) is 0.500. The van der Waals surface area contributed by atoms with E-state index in [4.69, 9.17) is 0 Å². The molecule has 0 saturated carbocycles. The Balaban J connectivity index is 2.29. The van der Waals surface area contributed by atoms with Gasteiger partial charge in [-0.2, -0.15) is 0 Å². The first-order valence-electron chi connectivity index (χ1n) is 6.53. The standard InChI is InChI=1S/C14H21N3O/c1-4-9(2)7-12(15-3)10-5-6-11-13(8-10)17-14(18)16-11/h5-6,8-9,12,15H,4,7H2,1-3H3,(H2,16,17,18). The summed E-state index contributed by atoms with van der Waals surface area (Å²) in [5.74, 6) is 0.684. The number of rotatable bonds is 5. The molecule has 1 heterocycles. The lowest BCUT2D eigenvalue weighted by Gasteiger charge is -2.20. The van der Waals surface area contributed by atoms with E-state index in [1.54, 1.807) is 0 Å². The lowest BCUT2D eigenvalue weighted by atomic mass is 9.94. The molecular weight excluding hydrogens is 226 g/mol. The van der Waals surface area contributed by atoms with Crippen molar-refractivity contribution in [3.05, 3.63) is 34.2 Å². The van der Waals surface area contributed by atoms with Gasteiger partial charge in [-0.15, -0.1) is 0 Å². The third-order valence-corrected chi connectivity index (χ3v) is 3.63. The Labute approximate surface area is 107 Å². The summed E-state index contributed by atoms with van der Waals surface area (Å²) < 4.78 is 0. The number of nitrogens with one attached hydrogen (secondary N) is 3. The van der Waals surface area contributed by atoms with E-state index in [9.17, 15) is 4.79 Å². The Bertz CT molecular complexity index is 570. The van der Waals surface area contributed by atoms with E-state index >= 15 is 0 Å². The summed E-state index contributed by atoms with van der Waals surface area (Å²) >= 11 is 0. The number of hydrogen-bond acceptors (Lipinski definition) is 2. The molecule has 0 bridgehead atoms. The van der Waals surface area contributed by atoms with E-state index in [2.05, 4.69) is 41.3 Å². The lowest BCUT2D eigenvalue weighted by Crippen LogP contribution is -2.18. The highest BCUT2D eigenvalue weighted by Gasteiger charge is 2.13. The first kappa shape index (κ1) is 12.9. The van der Waals surface area contributed by atoms with Crippen molar-refractivity contribution in [2.75, 3.05) is 7.05 Å². The fourth-order valence-electron chi connectivity index (χ4n) is 2.26. The summed E-state index contributed by atoms with van der Waals surface area (Å²) in [5.41, 5.74) is 2.81. The van der Waals surface area contributed by atoms with Crippen LogP contribution in [0, 0.1) is 5.92 Å². The molecule has 2 atom stereocenters. The SMILES string of the molecule is CCC(C)CC(NC)c1ccc2[nH]c(=O)[nH]c2c1. The normalized spacial score (nSPS) is 14.8. The van der Waals surface area contributed by atoms with Gasteiger partial charge >= 0.3 is 5.69 Å². The fourth-order valence-corrected chi connectivity index (χ4v) is 2.26. The summed E-state index contributed by atoms with van der Waals surface area (Å²) in [6.45, 7) is 4.48. The van der Waals surface area contributed by atoms with Crippen LogP contribution in [0.1, 0.15) is 38.3 Å². The van der Waals surface area contributed by atoms with Gasteiger partial charge < -0.3 is 15.3 Å². The third kappa shape index (κ3) is 2.64. The molecule has 4 nitrogen and oxygen atoms in total. The van der Waals surface area contributed by atoms with Crippen molar-refractivity contribution in [1.29, 1.82) is 0 Å². The summed E-state index contributed by atoms with van der Waals surface area (Å²) in [6, 6.07) is 6.43. The average Bonchev–Trinajstić information content (AvgIpc) is 2.74. The zero-order valence-electron chi connectivity index (χ0n) is 11.2. The zero-order chi connectivity index (χ0) is 13.1. The van der Waals surface area contributed by atoms with E-state index in [1.807, 2.05) is 13.1 Å². The maximum Gasteiger partial charge on any atom is 0.323 e. The summed E-state index contributed by atoms with van der Waals surface area (Å²) in [7, 11) is 1.98. The van der Waals surface area contributed by atoms with Gasteiger partial charge in [0.05, 0.1) is 11.0 Å². The van der Waals surface area contributed by atoms with E-state index in [0.717, 1.165) is 17.5 Å². The van der Waals surface area contributed by atoms with Crippen molar-refractivity contribution in [3.63, 3.8) is 0 Å². The molecule has 4 heteroatoms. The summed E-state index contributed by atoms with van der Waals surface area (Å²) in [5, 5.41) is 3.35. The molecule has 0 spiro atoms. The van der Waals surface area contributed by atoms with Crippen LogP contribution in [-0.2, 0) is 0 Å². The van der Waals surface area contributed by atoms with Gasteiger partial charge in [-0.25, -0.2) is 4.79 Å². The van der Waals surface area contributed by atoms with Crippen LogP contribution in [0.4, 0.5) is 0 Å². The van der Waals surface area contributed by atoms with E-state index in [0.29, 0.717) is 12.0 Å². The Morgan fingerprint density at radius 1 is 1.28 bits per heavy atom. The molecule has 18 heavy (non-hydrogen) atoms. The van der Waals surface area contributed by atoms with Crippen LogP contribution in [0.3, 0.4) is 0 Å². The van der Waals surface area contributed by atoms with Gasteiger partial charge in [0.15, 0.2) is 0 Å². The van der Waals surface area contributed by atoms with Gasteiger partial charge in [-0.05, 0) is 37.1 Å². The maximum absolute atomic E-state index is 11.2. The van der Waals surface area contributed by atoms with Crippen molar-refractivity contribution in [2.24, 2.45) is 5.92 Å². The molecule has 2 rings (SSSR count). The minimum Gasteiger partial charge on any atom is -0.313 e. The summed E-state index contributed by atoms with van der Waals surface area (Å²) in [6.07, 6.45) is 2.29. The van der Waals surface area contributed by atoms with E-state index in [1.165, 1.54) is 12.0 Å². The highest BCUT2D eigenvalue weighted by atomic mass is 16.1. The van der Waals surface area contributed by atoms with Gasteiger partial charge in [0.25, 0.3) is 0 Å². The van der Waals surface area contributed by atoms with Crippen LogP contribution < -0.4 is 11.0 Å². The lowest BCUT2D eigenvalue weighted by molar-refractivity contribution is 0.422. The first-order valence-corrected chi connectivity index (χ1v) is 6.53. The molecule has 1 aromatic carbocycles. The Morgan fingerprint density at radius 3 is 2.67 bits per heavy atom. The molecule has 0 aliphatic rings. The Kier molecular flexibility index (Phi) is 3.87. The van der Waals surface area contributed by atoms with Gasteiger partial charge in [0, 0.05) is 6.04 Å². The number of aromatic nitrogens is 2. The van der Waals surface area contributed by atoms with Crippen LogP contribution in [0.2, 0.25) is 0 Å². The van der Waals surface area contributed by atoms with Crippen molar-refractivity contribution >= 4 is 11.0 Å². The molecule has 2 unspecified atom stereocenters. The van der Waals surface area contributed by atoms with E-state index < -0.39 is 0 Å². The molecule has 0 amide bonds. The molecule has 3 N–H and O–H groups in total. The minimum atomic E-state index is -0.148. The Hall–Kier alpha value is -1.55. The van der Waals surface area contributed by atoms with Crippen LogP contribution >= 0.6 is 0 Å². The highest BCUT2D eigenvalue weighted by molar-refractivity contribution is 5.75. The van der Waals surface area contributed by atoms with Crippen LogP contribution in [0.15, 0.2) is 23.0 Å². The quantitative estimate of drug-likeness (QED) is 0.760. The molecule has 0 saturated heterocycles. The number of fused-ring (bicyclic) bond motifs is 1. The van der Waals surface area contributed by atoms with Gasteiger partial charge in [-0.1, -0.05) is 26.3 Å². The predicted molar refractivity (Wildman–Crippen MR) is 74.8 cm³/mol. The van der Waals surface area contributed by atoms with Crippen molar-refractivity contribution < 1.29 is 0 Å². The van der Waals surface area contributed by atoms with Crippen molar-refractivity contribution in [2.45, 2.75) is 32.7 Å². The second-order valence-electron chi connectivity index (χ2n) is 4.97.